The Kier molecular flexibility index (Phi) is 2.50. The molecule has 0 radical (unpaired) electrons. The van der Waals surface area contributed by atoms with Gasteiger partial charge in [0.15, 0.2) is 0 Å². The molecule has 2 nitrogen and oxygen atoms in total. The molecule has 0 amide bonds. The topological polar surface area (TPSA) is 21.3 Å². The van der Waals surface area contributed by atoms with Crippen molar-refractivity contribution in [3.05, 3.63) is 23.8 Å². The normalized spacial score (nSPS) is 27.6. The standard InChI is InChI=1S/C14H19NO/c1-10-2-4-12(8-10)16-13-5-3-11-6-7-15-14(11)9-13/h3,5,9-10,12,15H,2,4,6-8H2,1H3. The molecule has 2 aliphatic rings. The van der Waals surface area contributed by atoms with Crippen molar-refractivity contribution in [1.29, 1.82) is 0 Å². The lowest BCUT2D eigenvalue weighted by molar-refractivity contribution is 0.205. The van der Waals surface area contributed by atoms with E-state index in [9.17, 15) is 0 Å². The fourth-order valence-electron chi connectivity index (χ4n) is 2.80. The lowest BCUT2D eigenvalue weighted by Gasteiger charge is -2.14. The zero-order valence-corrected chi connectivity index (χ0v) is 9.83. The van der Waals surface area contributed by atoms with Crippen LogP contribution in [0.1, 0.15) is 31.7 Å². The first-order valence-electron chi connectivity index (χ1n) is 6.35. The van der Waals surface area contributed by atoms with E-state index in [0.29, 0.717) is 6.10 Å². The van der Waals surface area contributed by atoms with Gasteiger partial charge >= 0.3 is 0 Å². The fourth-order valence-corrected chi connectivity index (χ4v) is 2.80. The van der Waals surface area contributed by atoms with Crippen molar-refractivity contribution >= 4 is 5.69 Å². The van der Waals surface area contributed by atoms with E-state index in [4.69, 9.17) is 4.74 Å². The van der Waals surface area contributed by atoms with Crippen molar-refractivity contribution in [1.82, 2.24) is 0 Å². The van der Waals surface area contributed by atoms with Crippen LogP contribution in [0.3, 0.4) is 0 Å². The smallest absolute Gasteiger partial charge is 0.121 e. The van der Waals surface area contributed by atoms with Gasteiger partial charge in [-0.1, -0.05) is 13.0 Å². The monoisotopic (exact) mass is 217 g/mol. The number of ether oxygens (including phenoxy) is 1. The van der Waals surface area contributed by atoms with E-state index in [1.54, 1.807) is 0 Å². The Labute approximate surface area is 97.0 Å². The number of rotatable bonds is 2. The Morgan fingerprint density at radius 2 is 2.25 bits per heavy atom. The van der Waals surface area contributed by atoms with E-state index in [1.807, 2.05) is 0 Å². The van der Waals surface area contributed by atoms with Gasteiger partial charge in [-0.05, 0) is 43.2 Å². The molecule has 2 heteroatoms. The quantitative estimate of drug-likeness (QED) is 0.821. The molecule has 3 rings (SSSR count). The lowest BCUT2D eigenvalue weighted by atomic mass is 10.1. The summed E-state index contributed by atoms with van der Waals surface area (Å²) in [5.41, 5.74) is 2.69. The molecule has 1 aliphatic carbocycles. The SMILES string of the molecule is CC1CCC(Oc2ccc3c(c2)NCC3)C1. The van der Waals surface area contributed by atoms with Gasteiger partial charge in [-0.3, -0.25) is 0 Å². The highest BCUT2D eigenvalue weighted by molar-refractivity contribution is 5.58. The van der Waals surface area contributed by atoms with E-state index in [1.165, 1.54) is 30.5 Å². The summed E-state index contributed by atoms with van der Waals surface area (Å²) in [6.45, 7) is 3.38. The minimum absolute atomic E-state index is 0.439. The molecule has 86 valence electrons. The van der Waals surface area contributed by atoms with Gasteiger partial charge in [0.05, 0.1) is 6.10 Å². The molecule has 1 heterocycles. The van der Waals surface area contributed by atoms with E-state index >= 15 is 0 Å². The Morgan fingerprint density at radius 1 is 1.31 bits per heavy atom. The zero-order chi connectivity index (χ0) is 11.0. The molecule has 2 atom stereocenters. The van der Waals surface area contributed by atoms with Crippen LogP contribution in [0.15, 0.2) is 18.2 Å². The maximum atomic E-state index is 6.03. The number of fused-ring (bicyclic) bond motifs is 1. The van der Waals surface area contributed by atoms with Crippen molar-refractivity contribution in [2.45, 2.75) is 38.7 Å². The Hall–Kier alpha value is -1.18. The molecule has 1 N–H and O–H groups in total. The molecule has 1 aromatic rings. The predicted molar refractivity (Wildman–Crippen MR) is 66.1 cm³/mol. The molecule has 2 unspecified atom stereocenters. The largest absolute Gasteiger partial charge is 0.490 e. The maximum Gasteiger partial charge on any atom is 0.121 e. The second kappa shape index (κ2) is 4.00. The highest BCUT2D eigenvalue weighted by Crippen LogP contribution is 2.31. The average molecular weight is 217 g/mol. The van der Waals surface area contributed by atoms with Crippen LogP contribution in [0.25, 0.3) is 0 Å². The third-order valence-corrected chi connectivity index (χ3v) is 3.74. The number of nitrogens with one attached hydrogen (secondary N) is 1. The molecule has 0 bridgehead atoms. The molecular weight excluding hydrogens is 198 g/mol. The summed E-state index contributed by atoms with van der Waals surface area (Å²) in [6.07, 6.45) is 5.33. The van der Waals surface area contributed by atoms with Crippen LogP contribution >= 0.6 is 0 Å². The zero-order valence-electron chi connectivity index (χ0n) is 9.83. The van der Waals surface area contributed by atoms with Crippen LogP contribution in [0.5, 0.6) is 5.75 Å². The Morgan fingerprint density at radius 3 is 3.06 bits per heavy atom. The first kappa shape index (κ1) is 10.0. The molecule has 1 aromatic carbocycles. The summed E-state index contributed by atoms with van der Waals surface area (Å²) in [5, 5.41) is 3.39. The highest BCUT2D eigenvalue weighted by Gasteiger charge is 2.23. The minimum Gasteiger partial charge on any atom is -0.490 e. The van der Waals surface area contributed by atoms with Crippen LogP contribution in [0.4, 0.5) is 5.69 Å². The molecule has 1 fully saturated rings. The van der Waals surface area contributed by atoms with Crippen molar-refractivity contribution in [3.8, 4) is 5.75 Å². The van der Waals surface area contributed by atoms with Crippen LogP contribution in [-0.2, 0) is 6.42 Å². The van der Waals surface area contributed by atoms with Crippen molar-refractivity contribution in [2.75, 3.05) is 11.9 Å². The average Bonchev–Trinajstić information content (AvgIpc) is 2.87. The van der Waals surface area contributed by atoms with Crippen LogP contribution in [0, 0.1) is 5.92 Å². The number of hydrogen-bond acceptors (Lipinski definition) is 2. The predicted octanol–water partition coefficient (Wildman–Crippen LogP) is 3.22. The van der Waals surface area contributed by atoms with Gasteiger partial charge in [0.1, 0.15) is 5.75 Å². The van der Waals surface area contributed by atoms with Crippen LogP contribution < -0.4 is 10.1 Å². The lowest BCUT2D eigenvalue weighted by Crippen LogP contribution is -2.11. The van der Waals surface area contributed by atoms with Crippen molar-refractivity contribution in [3.63, 3.8) is 0 Å². The second-order valence-electron chi connectivity index (χ2n) is 5.15. The number of benzene rings is 1. The maximum absolute atomic E-state index is 6.03. The summed E-state index contributed by atoms with van der Waals surface area (Å²) in [5.74, 6) is 1.87. The third-order valence-electron chi connectivity index (χ3n) is 3.74. The molecule has 0 spiro atoms. The van der Waals surface area contributed by atoms with Gasteiger partial charge < -0.3 is 10.1 Å². The second-order valence-corrected chi connectivity index (χ2v) is 5.15. The molecule has 16 heavy (non-hydrogen) atoms. The van der Waals surface area contributed by atoms with Gasteiger partial charge in [0.25, 0.3) is 0 Å². The van der Waals surface area contributed by atoms with Gasteiger partial charge in [-0.25, -0.2) is 0 Å². The molecule has 0 aromatic heterocycles. The summed E-state index contributed by atoms with van der Waals surface area (Å²) < 4.78 is 6.03. The van der Waals surface area contributed by atoms with E-state index in [0.717, 1.165) is 24.6 Å². The first-order valence-corrected chi connectivity index (χ1v) is 6.35. The summed E-state index contributed by atoms with van der Waals surface area (Å²) in [7, 11) is 0. The molecule has 0 saturated heterocycles. The summed E-state index contributed by atoms with van der Waals surface area (Å²) >= 11 is 0. The van der Waals surface area contributed by atoms with E-state index in [-0.39, 0.29) is 0 Å². The molecular formula is C14H19NO. The van der Waals surface area contributed by atoms with Crippen LogP contribution in [0.2, 0.25) is 0 Å². The first-order chi connectivity index (χ1) is 7.81. The van der Waals surface area contributed by atoms with Gasteiger partial charge in [0, 0.05) is 18.3 Å². The van der Waals surface area contributed by atoms with Crippen LogP contribution in [-0.4, -0.2) is 12.6 Å². The van der Waals surface area contributed by atoms with Gasteiger partial charge in [0.2, 0.25) is 0 Å². The minimum atomic E-state index is 0.439. The third kappa shape index (κ3) is 1.89. The van der Waals surface area contributed by atoms with E-state index in [2.05, 4.69) is 30.4 Å². The number of hydrogen-bond donors (Lipinski definition) is 1. The molecule has 1 saturated carbocycles. The van der Waals surface area contributed by atoms with Gasteiger partial charge in [-0.15, -0.1) is 0 Å². The summed E-state index contributed by atoms with van der Waals surface area (Å²) in [4.78, 5) is 0. The van der Waals surface area contributed by atoms with Crippen molar-refractivity contribution < 1.29 is 4.74 Å². The highest BCUT2D eigenvalue weighted by atomic mass is 16.5. The Balaban J connectivity index is 1.71. The number of anilines is 1. The summed E-state index contributed by atoms with van der Waals surface area (Å²) in [6, 6.07) is 6.48. The Bertz CT molecular complexity index is 388. The van der Waals surface area contributed by atoms with Crippen molar-refractivity contribution in [2.24, 2.45) is 5.92 Å². The van der Waals surface area contributed by atoms with E-state index < -0.39 is 0 Å². The van der Waals surface area contributed by atoms with Gasteiger partial charge in [-0.2, -0.15) is 0 Å². The molecule has 1 aliphatic heterocycles. The fraction of sp³-hybridized carbons (Fsp3) is 0.571.